The minimum Gasteiger partial charge on any atom is -0.383 e. The topological polar surface area (TPSA) is 70.7 Å². The van der Waals surface area contributed by atoms with E-state index in [1.165, 1.54) is 0 Å². The average Bonchev–Trinajstić information content (AvgIpc) is 2.80. The van der Waals surface area contributed by atoms with Crippen molar-refractivity contribution >= 4 is 35.9 Å². The Morgan fingerprint density at radius 1 is 0.967 bits per heavy atom. The molecule has 3 N–H and O–H groups in total. The second kappa shape index (κ2) is 9.98. The molecule has 0 spiro atoms. The first-order valence-corrected chi connectivity index (χ1v) is 10.3. The monoisotopic (exact) mass is 418 g/mol. The lowest BCUT2D eigenvalue weighted by atomic mass is 10.0. The van der Waals surface area contributed by atoms with Crippen LogP contribution in [0.25, 0.3) is 11.1 Å². The van der Waals surface area contributed by atoms with E-state index in [0.717, 1.165) is 29.9 Å². The summed E-state index contributed by atoms with van der Waals surface area (Å²) in [5.41, 5.74) is 10.8. The molecule has 0 radical (unpaired) electrons. The minimum absolute atomic E-state index is 0.206. The number of hydrogen-bond acceptors (Lipinski definition) is 4. The molecule has 3 aromatic carbocycles. The van der Waals surface area contributed by atoms with Crippen LogP contribution in [0, 0.1) is 0 Å². The highest BCUT2D eigenvalue weighted by molar-refractivity contribution is 7.79. The predicted molar refractivity (Wildman–Crippen MR) is 130 cm³/mol. The molecule has 0 saturated heterocycles. The third-order valence-corrected chi connectivity index (χ3v) is 5.21. The maximum absolute atomic E-state index is 13.0. The molecule has 0 atom stereocenters. The zero-order chi connectivity index (χ0) is 21.5. The Hall–Kier alpha value is -3.25. The van der Waals surface area contributed by atoms with Gasteiger partial charge in [-0.1, -0.05) is 42.5 Å². The molecule has 3 rings (SSSR count). The van der Waals surface area contributed by atoms with Gasteiger partial charge in [-0.05, 0) is 68.1 Å². The first-order chi connectivity index (χ1) is 14.6. The predicted octanol–water partition coefficient (Wildman–Crippen LogP) is 5.00. The number of hydrogen-bond donors (Lipinski definition) is 3. The summed E-state index contributed by atoms with van der Waals surface area (Å²) in [5.74, 6) is 0.0348. The summed E-state index contributed by atoms with van der Waals surface area (Å²) in [7, 11) is 0. The van der Waals surface area contributed by atoms with Gasteiger partial charge in [0.25, 0.3) is 5.91 Å². The van der Waals surface area contributed by atoms with E-state index in [-0.39, 0.29) is 11.7 Å². The van der Waals surface area contributed by atoms with Gasteiger partial charge in [0.05, 0.1) is 5.69 Å². The lowest BCUT2D eigenvalue weighted by Gasteiger charge is -2.21. The van der Waals surface area contributed by atoms with Crippen molar-refractivity contribution in [3.05, 3.63) is 83.9 Å². The number of anilines is 2. The maximum atomic E-state index is 13.0. The van der Waals surface area contributed by atoms with Gasteiger partial charge in [0.15, 0.2) is 0 Å². The standard InChI is InChI=1S/C24H26N4OS/c1-3-28(4-2)20-12-8-11-19(15-20)24(29)26-22-16-18(17-9-6-5-7-10-17)13-14-21(22)23(25)27-30/h5-16,30H,3-4H2,1-2H3,(H2,25,27)(H,26,29). The first kappa shape index (κ1) is 21.5. The number of amidine groups is 1. The molecule has 30 heavy (non-hydrogen) atoms. The molecule has 0 heterocycles. The Morgan fingerprint density at radius 2 is 1.70 bits per heavy atom. The Bertz CT molecular complexity index is 1050. The highest BCUT2D eigenvalue weighted by atomic mass is 32.1. The zero-order valence-electron chi connectivity index (χ0n) is 17.2. The normalized spacial score (nSPS) is 11.2. The molecule has 0 aromatic heterocycles. The Balaban J connectivity index is 1.96. The van der Waals surface area contributed by atoms with Gasteiger partial charge in [-0.25, -0.2) is 4.40 Å². The van der Waals surface area contributed by atoms with Crippen LogP contribution in [0.2, 0.25) is 0 Å². The molecule has 0 saturated carbocycles. The summed E-state index contributed by atoms with van der Waals surface area (Å²) in [6, 6.07) is 23.3. The fraction of sp³-hybridized carbons (Fsp3) is 0.167. The van der Waals surface area contributed by atoms with Gasteiger partial charge in [0, 0.05) is 29.9 Å². The Labute approximate surface area is 183 Å². The van der Waals surface area contributed by atoms with E-state index in [2.05, 4.69) is 41.3 Å². The number of nitrogens with one attached hydrogen (secondary N) is 1. The molecule has 0 bridgehead atoms. The van der Waals surface area contributed by atoms with Crippen molar-refractivity contribution in [3.63, 3.8) is 0 Å². The SMILES string of the molecule is CCN(CC)c1cccc(C(=O)Nc2cc(-c3ccccc3)ccc2/C(N)=N/S)c1. The second-order valence-electron chi connectivity index (χ2n) is 6.79. The van der Waals surface area contributed by atoms with Crippen LogP contribution in [0.15, 0.2) is 77.2 Å². The molecule has 1 amide bonds. The van der Waals surface area contributed by atoms with E-state index in [9.17, 15) is 4.79 Å². The van der Waals surface area contributed by atoms with Crippen LogP contribution in [0.4, 0.5) is 11.4 Å². The molecule has 0 aliphatic carbocycles. The smallest absolute Gasteiger partial charge is 0.255 e. The van der Waals surface area contributed by atoms with Gasteiger partial charge in [-0.15, -0.1) is 0 Å². The number of nitrogens with zero attached hydrogens (tertiary/aromatic N) is 2. The molecule has 0 aliphatic rings. The lowest BCUT2D eigenvalue weighted by Crippen LogP contribution is -2.23. The van der Waals surface area contributed by atoms with Crippen molar-refractivity contribution in [2.45, 2.75) is 13.8 Å². The molecular weight excluding hydrogens is 392 g/mol. The van der Waals surface area contributed by atoms with Gasteiger partial charge < -0.3 is 16.0 Å². The number of thiol groups is 1. The van der Waals surface area contributed by atoms with Gasteiger partial charge in [-0.3, -0.25) is 4.79 Å². The third kappa shape index (κ3) is 4.83. The number of rotatable bonds is 7. The molecule has 0 aliphatic heterocycles. The van der Waals surface area contributed by atoms with Crippen molar-refractivity contribution in [2.24, 2.45) is 10.1 Å². The van der Waals surface area contributed by atoms with Gasteiger partial charge in [0.2, 0.25) is 0 Å². The summed E-state index contributed by atoms with van der Waals surface area (Å²) >= 11 is 3.93. The molecule has 0 unspecified atom stereocenters. The van der Waals surface area contributed by atoms with Crippen LogP contribution in [0.1, 0.15) is 29.8 Å². The number of benzene rings is 3. The maximum Gasteiger partial charge on any atom is 0.255 e. The number of amides is 1. The summed E-state index contributed by atoms with van der Waals surface area (Å²) < 4.78 is 3.79. The quantitative estimate of drug-likeness (QED) is 0.287. The van der Waals surface area contributed by atoms with Crippen LogP contribution in [-0.4, -0.2) is 24.8 Å². The van der Waals surface area contributed by atoms with Crippen molar-refractivity contribution in [1.82, 2.24) is 0 Å². The van der Waals surface area contributed by atoms with Gasteiger partial charge in [0.1, 0.15) is 5.84 Å². The number of carbonyl (C=O) groups is 1. The van der Waals surface area contributed by atoms with Crippen molar-refractivity contribution in [3.8, 4) is 11.1 Å². The van der Waals surface area contributed by atoms with E-state index in [1.54, 1.807) is 6.07 Å². The van der Waals surface area contributed by atoms with E-state index >= 15 is 0 Å². The fourth-order valence-electron chi connectivity index (χ4n) is 3.36. The van der Waals surface area contributed by atoms with Crippen LogP contribution in [-0.2, 0) is 0 Å². The third-order valence-electron chi connectivity index (χ3n) is 5.00. The highest BCUT2D eigenvalue weighted by Crippen LogP contribution is 2.27. The van der Waals surface area contributed by atoms with Crippen LogP contribution < -0.4 is 16.0 Å². The zero-order valence-corrected chi connectivity index (χ0v) is 18.1. The largest absolute Gasteiger partial charge is 0.383 e. The van der Waals surface area contributed by atoms with Crippen molar-refractivity contribution < 1.29 is 4.79 Å². The molecule has 6 heteroatoms. The van der Waals surface area contributed by atoms with E-state index in [4.69, 9.17) is 5.73 Å². The van der Waals surface area contributed by atoms with Crippen molar-refractivity contribution in [2.75, 3.05) is 23.3 Å². The summed E-state index contributed by atoms with van der Waals surface area (Å²) in [5, 5.41) is 3.00. The Morgan fingerprint density at radius 3 is 2.37 bits per heavy atom. The minimum atomic E-state index is -0.206. The molecule has 5 nitrogen and oxygen atoms in total. The summed E-state index contributed by atoms with van der Waals surface area (Å²) in [6.07, 6.45) is 0. The molecular formula is C24H26N4OS. The summed E-state index contributed by atoms with van der Waals surface area (Å²) in [6.45, 7) is 5.94. The van der Waals surface area contributed by atoms with E-state index < -0.39 is 0 Å². The van der Waals surface area contributed by atoms with Crippen LogP contribution in [0.3, 0.4) is 0 Å². The van der Waals surface area contributed by atoms with Crippen molar-refractivity contribution in [1.29, 1.82) is 0 Å². The average molecular weight is 419 g/mol. The molecule has 154 valence electrons. The van der Waals surface area contributed by atoms with E-state index in [1.807, 2.05) is 66.7 Å². The number of nitrogens with two attached hydrogens (primary N) is 1. The van der Waals surface area contributed by atoms with Gasteiger partial charge in [-0.2, -0.15) is 0 Å². The molecule has 3 aromatic rings. The van der Waals surface area contributed by atoms with E-state index in [0.29, 0.717) is 16.8 Å². The van der Waals surface area contributed by atoms with Gasteiger partial charge >= 0.3 is 0 Å². The number of carbonyl (C=O) groups excluding carboxylic acids is 1. The second-order valence-corrected chi connectivity index (χ2v) is 6.99. The molecule has 0 fully saturated rings. The van der Waals surface area contributed by atoms with Crippen LogP contribution >= 0.6 is 12.8 Å². The lowest BCUT2D eigenvalue weighted by molar-refractivity contribution is 0.102. The first-order valence-electron chi connectivity index (χ1n) is 9.91. The van der Waals surface area contributed by atoms with Crippen LogP contribution in [0.5, 0.6) is 0 Å². The fourth-order valence-corrected chi connectivity index (χ4v) is 3.47. The summed E-state index contributed by atoms with van der Waals surface area (Å²) in [4.78, 5) is 15.2. The highest BCUT2D eigenvalue weighted by Gasteiger charge is 2.14. The Kier molecular flexibility index (Phi) is 7.14.